The largest absolute Gasteiger partial charge is 0.503 e. The van der Waals surface area contributed by atoms with Crippen LogP contribution in [0.5, 0.6) is 5.75 Å². The maximum atomic E-state index is 12.8. The van der Waals surface area contributed by atoms with Gasteiger partial charge in [-0.15, -0.1) is 0 Å². The number of rotatable bonds is 1. The molecular weight excluding hydrogens is 282 g/mol. The van der Waals surface area contributed by atoms with Crippen LogP contribution >= 0.6 is 0 Å². The Morgan fingerprint density at radius 3 is 2.77 bits per heavy atom. The van der Waals surface area contributed by atoms with E-state index in [-0.39, 0.29) is 29.4 Å². The number of nitrogens with zero attached hydrogens (tertiary/aromatic N) is 3. The van der Waals surface area contributed by atoms with Gasteiger partial charge in [-0.3, -0.25) is 14.5 Å². The third-order valence-electron chi connectivity index (χ3n) is 5.30. The van der Waals surface area contributed by atoms with Gasteiger partial charge in [0.05, 0.1) is 6.54 Å². The molecule has 0 unspecified atom stereocenters. The summed E-state index contributed by atoms with van der Waals surface area (Å²) < 4.78 is 1.79. The maximum Gasteiger partial charge on any atom is 0.275 e. The third kappa shape index (κ3) is 1.70. The minimum absolute atomic E-state index is 0.0208. The first-order valence-electron chi connectivity index (χ1n) is 8.02. The first-order valence-corrected chi connectivity index (χ1v) is 8.02. The van der Waals surface area contributed by atoms with Gasteiger partial charge < -0.3 is 14.6 Å². The number of carbonyl (C=O) groups is 1. The van der Waals surface area contributed by atoms with E-state index in [9.17, 15) is 14.7 Å². The number of aromatic hydroxyl groups is 1. The fourth-order valence-electron chi connectivity index (χ4n) is 4.16. The molecule has 0 spiro atoms. The summed E-state index contributed by atoms with van der Waals surface area (Å²) in [6, 6.07) is 0.433. The number of fused-ring (bicyclic) bond motifs is 4. The molecule has 22 heavy (non-hydrogen) atoms. The zero-order chi connectivity index (χ0) is 15.6. The second-order valence-corrected chi connectivity index (χ2v) is 6.89. The highest BCUT2D eigenvalue weighted by molar-refractivity contribution is 5.96. The van der Waals surface area contributed by atoms with Crippen LogP contribution in [0.15, 0.2) is 11.0 Å². The molecule has 1 aromatic heterocycles. The van der Waals surface area contributed by atoms with Crippen molar-refractivity contribution in [3.63, 3.8) is 0 Å². The van der Waals surface area contributed by atoms with Gasteiger partial charge >= 0.3 is 0 Å². The number of hydrogen-bond acceptors (Lipinski definition) is 4. The Hall–Kier alpha value is -1.82. The predicted molar refractivity (Wildman–Crippen MR) is 81.0 cm³/mol. The summed E-state index contributed by atoms with van der Waals surface area (Å²) in [7, 11) is 0. The van der Waals surface area contributed by atoms with Gasteiger partial charge in [0.15, 0.2) is 11.4 Å². The molecule has 4 heterocycles. The average molecular weight is 303 g/mol. The van der Waals surface area contributed by atoms with Crippen LogP contribution in [0.4, 0.5) is 0 Å². The first-order chi connectivity index (χ1) is 10.5. The molecule has 1 aromatic rings. The highest BCUT2D eigenvalue weighted by atomic mass is 16.3. The molecule has 0 aromatic carbocycles. The van der Waals surface area contributed by atoms with E-state index in [1.165, 1.54) is 6.42 Å². The van der Waals surface area contributed by atoms with Crippen LogP contribution in [0.2, 0.25) is 0 Å². The molecule has 2 fully saturated rings. The molecule has 0 saturated carbocycles. The van der Waals surface area contributed by atoms with Gasteiger partial charge in [0.2, 0.25) is 5.43 Å². The highest BCUT2D eigenvalue weighted by Gasteiger charge is 2.48. The van der Waals surface area contributed by atoms with E-state index in [0.717, 1.165) is 13.0 Å². The highest BCUT2D eigenvalue weighted by Crippen LogP contribution is 2.35. The lowest BCUT2D eigenvalue weighted by atomic mass is 10.0. The van der Waals surface area contributed by atoms with Gasteiger partial charge in [-0.05, 0) is 18.8 Å². The van der Waals surface area contributed by atoms with E-state index in [1.807, 2.05) is 18.7 Å². The third-order valence-corrected chi connectivity index (χ3v) is 5.30. The van der Waals surface area contributed by atoms with Gasteiger partial charge in [-0.1, -0.05) is 13.8 Å². The fourth-order valence-corrected chi connectivity index (χ4v) is 4.16. The second-order valence-electron chi connectivity index (χ2n) is 6.89. The van der Waals surface area contributed by atoms with Crippen LogP contribution in [-0.4, -0.2) is 50.7 Å². The van der Waals surface area contributed by atoms with Crippen LogP contribution in [0.1, 0.15) is 48.7 Å². The Labute approximate surface area is 128 Å². The number of hydrogen-bond donors (Lipinski definition) is 1. The van der Waals surface area contributed by atoms with Crippen LogP contribution in [0, 0.1) is 0 Å². The predicted octanol–water partition coefficient (Wildman–Crippen LogP) is 0.937. The molecule has 1 N–H and O–H groups in total. The van der Waals surface area contributed by atoms with E-state index < -0.39 is 5.43 Å². The SMILES string of the molecule is CC(C)c1cn2c(c(O)c1=O)C(=O)N1C[C@H]3CCCN3[C@@H]1C2. The number of carbonyl (C=O) groups excluding carboxylic acids is 1. The topological polar surface area (TPSA) is 65.8 Å². The van der Waals surface area contributed by atoms with Gasteiger partial charge in [0, 0.05) is 30.9 Å². The molecule has 118 valence electrons. The quantitative estimate of drug-likeness (QED) is 0.838. The van der Waals surface area contributed by atoms with Gasteiger partial charge in [-0.25, -0.2) is 0 Å². The average Bonchev–Trinajstić information content (AvgIpc) is 3.04. The summed E-state index contributed by atoms with van der Waals surface area (Å²) in [4.78, 5) is 29.3. The number of amides is 1. The van der Waals surface area contributed by atoms with E-state index in [1.54, 1.807) is 10.8 Å². The van der Waals surface area contributed by atoms with Gasteiger partial charge in [0.25, 0.3) is 5.91 Å². The van der Waals surface area contributed by atoms with Gasteiger partial charge in [0.1, 0.15) is 6.17 Å². The molecule has 3 aliphatic heterocycles. The van der Waals surface area contributed by atoms with Crippen LogP contribution < -0.4 is 5.43 Å². The van der Waals surface area contributed by atoms with Crippen molar-refractivity contribution >= 4 is 5.91 Å². The fraction of sp³-hybridized carbons (Fsp3) is 0.625. The molecule has 2 atom stereocenters. The molecular formula is C16H21N3O3. The summed E-state index contributed by atoms with van der Waals surface area (Å²) in [5.74, 6) is -0.579. The Morgan fingerprint density at radius 2 is 2.05 bits per heavy atom. The molecule has 3 aliphatic rings. The van der Waals surface area contributed by atoms with Crippen molar-refractivity contribution in [2.24, 2.45) is 0 Å². The monoisotopic (exact) mass is 303 g/mol. The summed E-state index contributed by atoms with van der Waals surface area (Å²) in [5, 5.41) is 10.3. The Bertz CT molecular complexity index is 709. The molecule has 0 bridgehead atoms. The first kappa shape index (κ1) is 13.8. The molecule has 1 amide bonds. The molecule has 2 saturated heterocycles. The number of pyridine rings is 1. The van der Waals surface area contributed by atoms with Crippen LogP contribution in [0.3, 0.4) is 0 Å². The normalized spacial score (nSPS) is 27.2. The van der Waals surface area contributed by atoms with Crippen molar-refractivity contribution in [1.29, 1.82) is 0 Å². The van der Waals surface area contributed by atoms with Crippen LogP contribution in [-0.2, 0) is 6.54 Å². The lowest BCUT2D eigenvalue weighted by Gasteiger charge is -2.36. The Morgan fingerprint density at radius 1 is 1.27 bits per heavy atom. The summed E-state index contributed by atoms with van der Waals surface area (Å²) >= 11 is 0. The van der Waals surface area contributed by atoms with E-state index in [2.05, 4.69) is 4.90 Å². The van der Waals surface area contributed by atoms with E-state index in [0.29, 0.717) is 24.7 Å². The van der Waals surface area contributed by atoms with Crippen molar-refractivity contribution < 1.29 is 9.90 Å². The van der Waals surface area contributed by atoms with Crippen molar-refractivity contribution in [2.45, 2.75) is 51.4 Å². The summed E-state index contributed by atoms with van der Waals surface area (Å²) in [6.07, 6.45) is 4.13. The van der Waals surface area contributed by atoms with E-state index in [4.69, 9.17) is 0 Å². The second kappa shape index (κ2) is 4.59. The smallest absolute Gasteiger partial charge is 0.275 e. The van der Waals surface area contributed by atoms with Crippen molar-refractivity contribution in [2.75, 3.05) is 13.1 Å². The van der Waals surface area contributed by atoms with Crippen molar-refractivity contribution in [1.82, 2.24) is 14.4 Å². The Kier molecular flexibility index (Phi) is 2.88. The zero-order valence-electron chi connectivity index (χ0n) is 13.0. The van der Waals surface area contributed by atoms with Gasteiger partial charge in [-0.2, -0.15) is 0 Å². The van der Waals surface area contributed by atoms with Crippen molar-refractivity contribution in [3.05, 3.63) is 27.7 Å². The molecule has 6 heteroatoms. The zero-order valence-corrected chi connectivity index (χ0v) is 13.0. The molecule has 4 rings (SSSR count). The minimum Gasteiger partial charge on any atom is -0.503 e. The maximum absolute atomic E-state index is 12.8. The Balaban J connectivity index is 1.83. The summed E-state index contributed by atoms with van der Waals surface area (Å²) in [5.41, 5.74) is 0.318. The van der Waals surface area contributed by atoms with Crippen LogP contribution in [0.25, 0.3) is 0 Å². The molecule has 0 aliphatic carbocycles. The minimum atomic E-state index is -0.409. The lowest BCUT2D eigenvalue weighted by molar-refractivity contribution is 0.0514. The standard InChI is InChI=1S/C16H21N3O3/c1-9(2)11-7-17-8-12-18-5-3-4-10(18)6-19(12)16(22)13(17)15(21)14(11)20/h7,9-10,12,21H,3-6,8H2,1-2H3/t10-,12+/m1/s1. The number of aromatic nitrogens is 1. The van der Waals surface area contributed by atoms with Crippen molar-refractivity contribution in [3.8, 4) is 5.75 Å². The molecule has 6 nitrogen and oxygen atoms in total. The lowest BCUT2D eigenvalue weighted by Crippen LogP contribution is -2.50. The van der Waals surface area contributed by atoms with E-state index >= 15 is 0 Å². The molecule has 0 radical (unpaired) electrons. The summed E-state index contributed by atoms with van der Waals surface area (Å²) in [6.45, 7) is 6.21.